The van der Waals surface area contributed by atoms with Gasteiger partial charge in [0, 0.05) is 26.1 Å². The lowest BCUT2D eigenvalue weighted by Gasteiger charge is -2.29. The molecule has 0 saturated carbocycles. The smallest absolute Gasteiger partial charge is 0.331 e. The lowest BCUT2D eigenvalue weighted by Crippen LogP contribution is -2.34. The fourth-order valence-corrected chi connectivity index (χ4v) is 2.14. The molecule has 1 aromatic heterocycles. The van der Waals surface area contributed by atoms with Gasteiger partial charge in [0.25, 0.3) is 0 Å². The molecule has 0 atom stereocenters. The lowest BCUT2D eigenvalue weighted by molar-refractivity contribution is -0.384. The number of hydrogen-bond donors (Lipinski definition) is 0. The summed E-state index contributed by atoms with van der Waals surface area (Å²) in [5.74, 6) is 0.602. The largest absolute Gasteiger partial charge is 0.351 e. The van der Waals surface area contributed by atoms with Gasteiger partial charge in [-0.3, -0.25) is 10.1 Å². The van der Waals surface area contributed by atoms with Crippen molar-refractivity contribution < 1.29 is 4.92 Å². The molecule has 2 rings (SSSR count). The quantitative estimate of drug-likeness (QED) is 0.565. The molecule has 0 amide bonds. The van der Waals surface area contributed by atoms with Crippen molar-refractivity contribution in [3.05, 3.63) is 16.3 Å². The second-order valence-electron chi connectivity index (χ2n) is 4.12. The Morgan fingerprint density at radius 3 is 2.76 bits per heavy atom. The molecular formula is C10H13N5O2. The van der Waals surface area contributed by atoms with Crippen molar-refractivity contribution in [3.63, 3.8) is 0 Å². The molecule has 1 aliphatic rings. The maximum Gasteiger partial charge on any atom is 0.331 e. The minimum atomic E-state index is -0.418. The Balaban J connectivity index is 2.21. The molecule has 1 saturated heterocycles. The summed E-state index contributed by atoms with van der Waals surface area (Å²) in [5, 5.41) is 23.6. The maximum absolute atomic E-state index is 10.9. The molecule has 17 heavy (non-hydrogen) atoms. The minimum absolute atomic E-state index is 0.0305. The van der Waals surface area contributed by atoms with Gasteiger partial charge in [-0.05, 0) is 12.8 Å². The molecule has 7 heteroatoms. The van der Waals surface area contributed by atoms with Crippen molar-refractivity contribution >= 4 is 11.5 Å². The Hall–Kier alpha value is -2.10. The van der Waals surface area contributed by atoms with Crippen LogP contribution in [0.2, 0.25) is 0 Å². The van der Waals surface area contributed by atoms with Crippen LogP contribution in [0.25, 0.3) is 0 Å². The average Bonchev–Trinajstić information content (AvgIpc) is 2.71. The molecule has 7 nitrogen and oxygen atoms in total. The summed E-state index contributed by atoms with van der Waals surface area (Å²) < 4.78 is 1.52. The fraction of sp³-hybridized carbons (Fsp3) is 0.600. The Labute approximate surface area is 98.4 Å². The zero-order valence-corrected chi connectivity index (χ0v) is 9.54. The molecule has 0 spiro atoms. The van der Waals surface area contributed by atoms with Gasteiger partial charge in [-0.2, -0.15) is 10.4 Å². The molecule has 90 valence electrons. The summed E-state index contributed by atoms with van der Waals surface area (Å²) in [7, 11) is 1.69. The molecule has 1 fully saturated rings. The first-order valence-corrected chi connectivity index (χ1v) is 5.44. The van der Waals surface area contributed by atoms with E-state index in [2.05, 4.69) is 11.2 Å². The number of aromatic nitrogens is 2. The summed E-state index contributed by atoms with van der Waals surface area (Å²) in [4.78, 5) is 12.4. The highest BCUT2D eigenvalue weighted by atomic mass is 16.6. The third kappa shape index (κ3) is 2.06. The highest BCUT2D eigenvalue weighted by molar-refractivity contribution is 5.57. The van der Waals surface area contributed by atoms with Crippen LogP contribution in [0.4, 0.5) is 11.5 Å². The van der Waals surface area contributed by atoms with E-state index in [1.54, 1.807) is 7.05 Å². The Morgan fingerprint density at radius 2 is 2.24 bits per heavy atom. The van der Waals surface area contributed by atoms with Gasteiger partial charge in [0.1, 0.15) is 6.20 Å². The normalized spacial score (nSPS) is 16.8. The van der Waals surface area contributed by atoms with E-state index in [-0.39, 0.29) is 11.6 Å². The van der Waals surface area contributed by atoms with E-state index in [1.165, 1.54) is 10.9 Å². The van der Waals surface area contributed by atoms with Crippen LogP contribution in [-0.4, -0.2) is 27.8 Å². The summed E-state index contributed by atoms with van der Waals surface area (Å²) in [6.45, 7) is 1.33. The molecule has 0 radical (unpaired) electrons. The Bertz CT molecular complexity index is 468. The van der Waals surface area contributed by atoms with Crippen LogP contribution < -0.4 is 4.90 Å². The van der Waals surface area contributed by atoms with Crippen LogP contribution in [0.1, 0.15) is 12.8 Å². The first kappa shape index (κ1) is 11.4. The summed E-state index contributed by atoms with van der Waals surface area (Å²) in [5.41, 5.74) is 0.0305. The number of nitriles is 1. The van der Waals surface area contributed by atoms with Crippen molar-refractivity contribution in [2.75, 3.05) is 18.0 Å². The van der Waals surface area contributed by atoms with Crippen molar-refractivity contribution in [2.24, 2.45) is 13.0 Å². The molecule has 1 aromatic rings. The number of aryl methyl sites for hydroxylation is 1. The van der Waals surface area contributed by atoms with E-state index >= 15 is 0 Å². The van der Waals surface area contributed by atoms with Gasteiger partial charge in [-0.15, -0.1) is 0 Å². The zero-order chi connectivity index (χ0) is 12.4. The van der Waals surface area contributed by atoms with E-state index in [4.69, 9.17) is 5.26 Å². The van der Waals surface area contributed by atoms with E-state index in [0.29, 0.717) is 18.9 Å². The lowest BCUT2D eigenvalue weighted by atomic mass is 9.99. The van der Waals surface area contributed by atoms with E-state index < -0.39 is 4.92 Å². The Kier molecular flexibility index (Phi) is 2.95. The number of piperidine rings is 1. The first-order chi connectivity index (χ1) is 8.13. The summed E-state index contributed by atoms with van der Waals surface area (Å²) >= 11 is 0. The van der Waals surface area contributed by atoms with E-state index in [1.807, 2.05) is 4.90 Å². The van der Waals surface area contributed by atoms with Gasteiger partial charge >= 0.3 is 5.69 Å². The van der Waals surface area contributed by atoms with Gasteiger partial charge in [0.05, 0.1) is 11.0 Å². The van der Waals surface area contributed by atoms with Crippen molar-refractivity contribution in [1.29, 1.82) is 5.26 Å². The molecule has 0 aliphatic carbocycles. The molecule has 0 aromatic carbocycles. The Morgan fingerprint density at radius 1 is 1.59 bits per heavy atom. The number of hydrogen-bond acceptors (Lipinski definition) is 5. The van der Waals surface area contributed by atoms with Crippen LogP contribution in [0, 0.1) is 27.4 Å². The van der Waals surface area contributed by atoms with Crippen molar-refractivity contribution in [2.45, 2.75) is 12.8 Å². The molecule has 0 N–H and O–H groups in total. The molecule has 2 heterocycles. The summed E-state index contributed by atoms with van der Waals surface area (Å²) in [6.07, 6.45) is 2.77. The van der Waals surface area contributed by atoms with Crippen LogP contribution in [-0.2, 0) is 7.05 Å². The number of nitrogens with zero attached hydrogens (tertiary/aromatic N) is 5. The van der Waals surface area contributed by atoms with Crippen molar-refractivity contribution in [1.82, 2.24) is 9.78 Å². The van der Waals surface area contributed by atoms with Crippen LogP contribution >= 0.6 is 0 Å². The average molecular weight is 235 g/mol. The van der Waals surface area contributed by atoms with E-state index in [9.17, 15) is 10.1 Å². The molecule has 1 aliphatic heterocycles. The summed E-state index contributed by atoms with van der Waals surface area (Å²) in [6, 6.07) is 2.24. The second-order valence-corrected chi connectivity index (χ2v) is 4.12. The number of nitro groups is 1. The van der Waals surface area contributed by atoms with Gasteiger partial charge in [-0.1, -0.05) is 0 Å². The minimum Gasteiger partial charge on any atom is -0.351 e. The van der Waals surface area contributed by atoms with E-state index in [0.717, 1.165) is 12.8 Å². The highest BCUT2D eigenvalue weighted by Crippen LogP contribution is 2.30. The number of rotatable bonds is 2. The van der Waals surface area contributed by atoms with Crippen LogP contribution in [0.15, 0.2) is 6.20 Å². The third-order valence-electron chi connectivity index (χ3n) is 3.06. The third-order valence-corrected chi connectivity index (χ3v) is 3.06. The van der Waals surface area contributed by atoms with Crippen molar-refractivity contribution in [3.8, 4) is 6.07 Å². The fourth-order valence-electron chi connectivity index (χ4n) is 2.14. The monoisotopic (exact) mass is 235 g/mol. The first-order valence-electron chi connectivity index (χ1n) is 5.44. The number of anilines is 1. The zero-order valence-electron chi connectivity index (χ0n) is 9.54. The predicted octanol–water partition coefficient (Wildman–Crippen LogP) is 1.07. The second kappa shape index (κ2) is 4.41. The molecule has 0 unspecified atom stereocenters. The van der Waals surface area contributed by atoms with Crippen LogP contribution in [0.3, 0.4) is 0 Å². The molecular weight excluding hydrogens is 222 g/mol. The molecule has 0 bridgehead atoms. The van der Waals surface area contributed by atoms with Crippen LogP contribution in [0.5, 0.6) is 0 Å². The van der Waals surface area contributed by atoms with Gasteiger partial charge in [-0.25, -0.2) is 4.68 Å². The highest BCUT2D eigenvalue weighted by Gasteiger charge is 2.28. The predicted molar refractivity (Wildman–Crippen MR) is 60.4 cm³/mol. The SMILES string of the molecule is Cn1ncc([N+](=O)[O-])c1N1CCC(C#N)CC1. The van der Waals surface area contributed by atoms with Gasteiger partial charge in [0.2, 0.25) is 5.82 Å². The topological polar surface area (TPSA) is 88.0 Å². The van der Waals surface area contributed by atoms with Gasteiger partial charge in [0.15, 0.2) is 0 Å². The standard InChI is InChI=1S/C10H13N5O2/c1-13-10(9(7-12-13)15(16)17)14-4-2-8(6-11)3-5-14/h7-8H,2-5H2,1H3. The van der Waals surface area contributed by atoms with Gasteiger partial charge < -0.3 is 4.90 Å². The maximum atomic E-state index is 10.9.